The predicted octanol–water partition coefficient (Wildman–Crippen LogP) is 4.91. The molecule has 3 atom stereocenters. The first kappa shape index (κ1) is 22.6. The monoisotopic (exact) mass is 461 g/mol. The summed E-state index contributed by atoms with van der Waals surface area (Å²) in [5.41, 5.74) is 4.15. The molecule has 34 heavy (non-hydrogen) atoms. The molecule has 3 aliphatic rings. The van der Waals surface area contributed by atoms with E-state index in [-0.39, 0.29) is 17.6 Å². The van der Waals surface area contributed by atoms with Crippen LogP contribution in [0.5, 0.6) is 5.75 Å². The molecule has 1 amide bonds. The third-order valence-electron chi connectivity index (χ3n) is 7.34. The van der Waals surface area contributed by atoms with Crippen LogP contribution in [-0.4, -0.2) is 52.9 Å². The summed E-state index contributed by atoms with van der Waals surface area (Å²) >= 11 is 0. The van der Waals surface area contributed by atoms with Gasteiger partial charge in [-0.25, -0.2) is 9.48 Å². The van der Waals surface area contributed by atoms with Gasteiger partial charge in [0, 0.05) is 25.9 Å². The smallest absolute Gasteiger partial charge is 0.410 e. The predicted molar refractivity (Wildman–Crippen MR) is 130 cm³/mol. The van der Waals surface area contributed by atoms with Gasteiger partial charge in [0.25, 0.3) is 0 Å². The van der Waals surface area contributed by atoms with Gasteiger partial charge in [0.1, 0.15) is 18.0 Å². The van der Waals surface area contributed by atoms with Crippen molar-refractivity contribution in [3.8, 4) is 11.4 Å². The Morgan fingerprint density at radius 3 is 2.50 bits per heavy atom. The summed E-state index contributed by atoms with van der Waals surface area (Å²) in [6.45, 7) is 10.1. The van der Waals surface area contributed by atoms with Crippen molar-refractivity contribution in [2.24, 2.45) is 5.41 Å². The number of nitrogens with zero attached hydrogens (tertiary/aromatic N) is 3. The lowest BCUT2D eigenvalue weighted by Crippen LogP contribution is -2.53. The fourth-order valence-corrected chi connectivity index (χ4v) is 5.41. The van der Waals surface area contributed by atoms with E-state index in [1.807, 2.05) is 35.2 Å². The minimum Gasteiger partial charge on any atom is -0.410 e. The van der Waals surface area contributed by atoms with Crippen molar-refractivity contribution < 1.29 is 19.0 Å². The second-order valence-corrected chi connectivity index (χ2v) is 9.64. The maximum atomic E-state index is 11.8. The minimum atomic E-state index is -0.702. The van der Waals surface area contributed by atoms with Crippen LogP contribution >= 0.6 is 0 Å². The molecule has 1 spiro atoms. The summed E-state index contributed by atoms with van der Waals surface area (Å²) in [7, 11) is 3.31. The average Bonchev–Trinajstić information content (AvgIpc) is 3.40. The molecule has 1 aromatic carbocycles. The van der Waals surface area contributed by atoms with Crippen LogP contribution in [0.3, 0.4) is 0 Å². The third-order valence-corrected chi connectivity index (χ3v) is 7.34. The van der Waals surface area contributed by atoms with E-state index in [0.717, 1.165) is 42.6 Å². The van der Waals surface area contributed by atoms with Crippen molar-refractivity contribution in [3.63, 3.8) is 0 Å². The Labute approximate surface area is 200 Å². The van der Waals surface area contributed by atoms with Crippen molar-refractivity contribution >= 4 is 12.2 Å². The van der Waals surface area contributed by atoms with E-state index >= 15 is 0 Å². The molecule has 5 rings (SSSR count). The largest absolute Gasteiger partial charge is 0.414 e. The van der Waals surface area contributed by atoms with Crippen molar-refractivity contribution in [1.29, 1.82) is 0 Å². The number of carbonyl (C=O) groups excluding carboxylic acids is 1. The van der Waals surface area contributed by atoms with Crippen LogP contribution in [0.4, 0.5) is 4.79 Å². The average molecular weight is 462 g/mol. The highest BCUT2D eigenvalue weighted by molar-refractivity contribution is 5.70. The summed E-state index contributed by atoms with van der Waals surface area (Å²) in [5.74, 6) is -0.209. The van der Waals surface area contributed by atoms with Crippen molar-refractivity contribution in [2.75, 3.05) is 14.1 Å². The fraction of sp³-hybridized carbons (Fsp3) is 0.407. The van der Waals surface area contributed by atoms with E-state index in [9.17, 15) is 4.79 Å². The molecule has 1 aromatic heterocycles. The molecule has 2 heterocycles. The second kappa shape index (κ2) is 8.25. The van der Waals surface area contributed by atoms with Gasteiger partial charge in [-0.1, -0.05) is 24.6 Å². The van der Waals surface area contributed by atoms with Crippen LogP contribution in [0, 0.1) is 5.41 Å². The Bertz CT molecular complexity index is 1150. The van der Waals surface area contributed by atoms with E-state index < -0.39 is 11.9 Å². The van der Waals surface area contributed by atoms with Crippen LogP contribution in [0.25, 0.3) is 11.8 Å². The number of aromatic nitrogens is 2. The maximum absolute atomic E-state index is 11.8. The lowest BCUT2D eigenvalue weighted by molar-refractivity contribution is -0.243. The van der Waals surface area contributed by atoms with Crippen molar-refractivity contribution in [3.05, 3.63) is 72.6 Å². The number of amides is 1. The number of rotatable bonds is 4. The molecule has 178 valence electrons. The first-order valence-corrected chi connectivity index (χ1v) is 11.7. The number of fused-ring (bicyclic) bond motifs is 3. The number of hydrogen-bond donors (Lipinski definition) is 0. The van der Waals surface area contributed by atoms with Crippen LogP contribution < -0.4 is 4.74 Å². The van der Waals surface area contributed by atoms with Gasteiger partial charge in [0.05, 0.1) is 17.6 Å². The SMILES string of the molecule is C=C[C@H]1OC2(CCCC3=Cc4c(cnn4-c4ccc(OC(=O)N(C)C)cc4)C[C@@]32C)O[C@@H]1C=C. The molecule has 0 bridgehead atoms. The summed E-state index contributed by atoms with van der Waals surface area (Å²) in [6.07, 6.45) is 10.6. The zero-order chi connectivity index (χ0) is 24.1. The molecule has 7 nitrogen and oxygen atoms in total. The van der Waals surface area contributed by atoms with Gasteiger partial charge in [-0.3, -0.25) is 0 Å². The highest BCUT2D eigenvalue weighted by atomic mass is 16.8. The Kier molecular flexibility index (Phi) is 5.49. The molecular weight excluding hydrogens is 430 g/mol. The Balaban J connectivity index is 1.46. The summed E-state index contributed by atoms with van der Waals surface area (Å²) in [5, 5.41) is 4.70. The Hall–Kier alpha value is -3.16. The van der Waals surface area contributed by atoms with Gasteiger partial charge in [0.2, 0.25) is 0 Å². The molecule has 0 radical (unpaired) electrons. The molecule has 7 heteroatoms. The van der Waals surface area contributed by atoms with Gasteiger partial charge < -0.3 is 19.1 Å². The van der Waals surface area contributed by atoms with Gasteiger partial charge >= 0.3 is 6.09 Å². The van der Waals surface area contributed by atoms with E-state index in [1.165, 1.54) is 10.5 Å². The Morgan fingerprint density at radius 1 is 1.21 bits per heavy atom. The summed E-state index contributed by atoms with van der Waals surface area (Å²) in [4.78, 5) is 13.2. The first-order valence-electron chi connectivity index (χ1n) is 11.7. The third kappa shape index (κ3) is 3.42. The van der Waals surface area contributed by atoms with Gasteiger partial charge in [-0.2, -0.15) is 5.10 Å². The van der Waals surface area contributed by atoms with E-state index in [0.29, 0.717) is 5.75 Å². The van der Waals surface area contributed by atoms with E-state index in [2.05, 4.69) is 26.2 Å². The topological polar surface area (TPSA) is 65.8 Å². The molecular formula is C27H31N3O4. The molecule has 1 saturated carbocycles. The van der Waals surface area contributed by atoms with Gasteiger partial charge in [-0.15, -0.1) is 13.2 Å². The molecule has 0 unspecified atom stereocenters. The van der Waals surface area contributed by atoms with Crippen molar-refractivity contribution in [2.45, 2.75) is 50.6 Å². The number of hydrogen-bond acceptors (Lipinski definition) is 5. The van der Waals surface area contributed by atoms with Crippen LogP contribution in [0.1, 0.15) is 37.4 Å². The molecule has 0 N–H and O–H groups in total. The van der Waals surface area contributed by atoms with Crippen molar-refractivity contribution in [1.82, 2.24) is 14.7 Å². The van der Waals surface area contributed by atoms with Crippen LogP contribution in [0.2, 0.25) is 0 Å². The summed E-state index contributed by atoms with van der Waals surface area (Å²) in [6, 6.07) is 7.39. The van der Waals surface area contributed by atoms with Gasteiger partial charge in [-0.05, 0) is 55.2 Å². The molecule has 2 aliphatic carbocycles. The van der Waals surface area contributed by atoms with E-state index in [4.69, 9.17) is 19.3 Å². The normalized spacial score (nSPS) is 26.9. The minimum absolute atomic E-state index is 0.196. The zero-order valence-corrected chi connectivity index (χ0v) is 20.0. The zero-order valence-electron chi connectivity index (χ0n) is 20.0. The fourth-order valence-electron chi connectivity index (χ4n) is 5.41. The molecule has 1 saturated heterocycles. The van der Waals surface area contributed by atoms with Gasteiger partial charge in [0.15, 0.2) is 5.79 Å². The van der Waals surface area contributed by atoms with E-state index in [1.54, 1.807) is 26.2 Å². The number of benzene rings is 1. The Morgan fingerprint density at radius 2 is 1.88 bits per heavy atom. The molecule has 1 aliphatic heterocycles. The first-order chi connectivity index (χ1) is 16.3. The standard InChI is InChI=1S/C27H31N3O4/c1-6-23-24(7-2)34-27(33-23)14-8-9-19-15-22-18(16-26(19,27)3)17-28-30(22)20-10-12-21(13-11-20)32-25(31)29(4)5/h6-7,10-13,15,17,23-24H,1-2,8-9,14,16H2,3-5H3/t23-,24-,26+/m1/s1. The highest BCUT2D eigenvalue weighted by Gasteiger charge is 2.61. The molecule has 2 aromatic rings. The lowest BCUT2D eigenvalue weighted by atomic mass is 9.62. The maximum Gasteiger partial charge on any atom is 0.414 e. The second-order valence-electron chi connectivity index (χ2n) is 9.64. The number of carbonyl (C=O) groups is 1. The lowest BCUT2D eigenvalue weighted by Gasteiger charge is -2.51. The number of ether oxygens (including phenoxy) is 3. The molecule has 2 fully saturated rings. The quantitative estimate of drug-likeness (QED) is 0.605. The van der Waals surface area contributed by atoms with Crippen LogP contribution in [0.15, 0.2) is 61.3 Å². The summed E-state index contributed by atoms with van der Waals surface area (Å²) < 4.78 is 20.4. The van der Waals surface area contributed by atoms with Crippen LogP contribution in [-0.2, 0) is 15.9 Å². The highest BCUT2D eigenvalue weighted by Crippen LogP contribution is 2.58.